The van der Waals surface area contributed by atoms with Gasteiger partial charge in [-0.3, -0.25) is 14.4 Å². The van der Waals surface area contributed by atoms with Crippen LogP contribution in [0.2, 0.25) is 0 Å². The van der Waals surface area contributed by atoms with Gasteiger partial charge in [-0.2, -0.15) is 0 Å². The number of esters is 1. The van der Waals surface area contributed by atoms with Gasteiger partial charge in [-0.1, -0.05) is 12.8 Å². The lowest BCUT2D eigenvalue weighted by atomic mass is 9.76. The van der Waals surface area contributed by atoms with Crippen molar-refractivity contribution in [1.29, 1.82) is 0 Å². The van der Waals surface area contributed by atoms with Crippen molar-refractivity contribution in [3.8, 4) is 0 Å². The predicted molar refractivity (Wildman–Crippen MR) is 62.4 cm³/mol. The second-order valence-electron chi connectivity index (χ2n) is 4.59. The molecule has 0 saturated heterocycles. The molecule has 1 aliphatic carbocycles. The van der Waals surface area contributed by atoms with Gasteiger partial charge in [0.15, 0.2) is 0 Å². The lowest BCUT2D eigenvalue weighted by Crippen LogP contribution is -2.34. The van der Waals surface area contributed by atoms with Crippen LogP contribution in [0.4, 0.5) is 0 Å². The molecule has 0 N–H and O–H groups in total. The number of hydrogen-bond donors (Lipinski definition) is 0. The number of carbonyl (C=O) groups excluding carboxylic acids is 3. The molecule has 0 spiro atoms. The summed E-state index contributed by atoms with van der Waals surface area (Å²) in [5.41, 5.74) is 0. The molecule has 2 unspecified atom stereocenters. The first-order valence-electron chi connectivity index (χ1n) is 6.25. The van der Waals surface area contributed by atoms with Gasteiger partial charge in [0.2, 0.25) is 0 Å². The van der Waals surface area contributed by atoms with Crippen LogP contribution < -0.4 is 0 Å². The van der Waals surface area contributed by atoms with E-state index in [-0.39, 0.29) is 35.8 Å². The molecule has 1 fully saturated rings. The first kappa shape index (κ1) is 13.9. The molecule has 0 heterocycles. The van der Waals surface area contributed by atoms with E-state index in [9.17, 15) is 14.4 Å². The number of ketones is 2. The molecule has 0 aromatic heterocycles. The van der Waals surface area contributed by atoms with E-state index in [0.29, 0.717) is 19.4 Å². The van der Waals surface area contributed by atoms with Crippen LogP contribution in [-0.4, -0.2) is 24.1 Å². The Hall–Kier alpha value is -1.19. The van der Waals surface area contributed by atoms with Crippen molar-refractivity contribution in [3.05, 3.63) is 0 Å². The van der Waals surface area contributed by atoms with Gasteiger partial charge in [-0.15, -0.1) is 0 Å². The fourth-order valence-corrected chi connectivity index (χ4v) is 2.42. The minimum Gasteiger partial charge on any atom is -0.466 e. The highest BCUT2D eigenvalue weighted by molar-refractivity contribution is 6.00. The topological polar surface area (TPSA) is 60.4 Å². The normalized spacial score (nSPS) is 24.1. The Balaban J connectivity index is 2.68. The highest BCUT2D eigenvalue weighted by Gasteiger charge is 2.36. The van der Waals surface area contributed by atoms with E-state index >= 15 is 0 Å². The molecule has 4 nitrogen and oxygen atoms in total. The third kappa shape index (κ3) is 3.95. The zero-order valence-corrected chi connectivity index (χ0v) is 10.5. The minimum atomic E-state index is -0.337. The molecule has 96 valence electrons. The number of Topliss-reactive ketones (excluding diaryl/α,β-unsaturated/α-hetero) is 2. The maximum Gasteiger partial charge on any atom is 0.309 e. The van der Waals surface area contributed by atoms with Crippen LogP contribution in [0.5, 0.6) is 0 Å². The quantitative estimate of drug-likeness (QED) is 0.544. The first-order chi connectivity index (χ1) is 8.06. The summed E-state index contributed by atoms with van der Waals surface area (Å²) in [4.78, 5) is 34.6. The Morgan fingerprint density at radius 3 is 2.24 bits per heavy atom. The molecule has 4 heteroatoms. The smallest absolute Gasteiger partial charge is 0.309 e. The summed E-state index contributed by atoms with van der Waals surface area (Å²) in [7, 11) is 0. The monoisotopic (exact) mass is 240 g/mol. The molecule has 17 heavy (non-hydrogen) atoms. The van der Waals surface area contributed by atoms with E-state index in [0.717, 1.165) is 12.8 Å². The van der Waals surface area contributed by atoms with Crippen LogP contribution >= 0.6 is 0 Å². The number of ether oxygens (including phenoxy) is 1. The van der Waals surface area contributed by atoms with Gasteiger partial charge in [0.1, 0.15) is 11.6 Å². The van der Waals surface area contributed by atoms with Crippen LogP contribution in [0.1, 0.15) is 46.0 Å². The van der Waals surface area contributed by atoms with Crippen LogP contribution in [0, 0.1) is 11.8 Å². The number of rotatable bonds is 5. The second kappa shape index (κ2) is 6.52. The van der Waals surface area contributed by atoms with Crippen LogP contribution in [0.3, 0.4) is 0 Å². The van der Waals surface area contributed by atoms with Crippen molar-refractivity contribution in [2.75, 3.05) is 6.61 Å². The number of carbonyl (C=O) groups is 3. The zero-order chi connectivity index (χ0) is 12.8. The minimum absolute atomic E-state index is 0.0550. The molecule has 0 bridgehead atoms. The maximum absolute atomic E-state index is 11.9. The summed E-state index contributed by atoms with van der Waals surface area (Å²) < 4.78 is 4.99. The first-order valence-corrected chi connectivity index (χ1v) is 6.25. The van der Waals surface area contributed by atoms with Gasteiger partial charge in [0, 0.05) is 5.92 Å². The van der Waals surface area contributed by atoms with Crippen molar-refractivity contribution in [3.63, 3.8) is 0 Å². The van der Waals surface area contributed by atoms with Gasteiger partial charge in [0.05, 0.1) is 18.9 Å². The molecule has 1 rings (SSSR count). The van der Waals surface area contributed by atoms with Crippen molar-refractivity contribution in [1.82, 2.24) is 0 Å². The van der Waals surface area contributed by atoms with Gasteiger partial charge in [-0.05, 0) is 26.7 Å². The van der Waals surface area contributed by atoms with E-state index in [1.807, 2.05) is 0 Å². The summed E-state index contributed by atoms with van der Waals surface area (Å²) in [5, 5.41) is 0. The Morgan fingerprint density at radius 1 is 1.12 bits per heavy atom. The van der Waals surface area contributed by atoms with Crippen molar-refractivity contribution >= 4 is 17.5 Å². The SMILES string of the molecule is CCOC(=O)C1CCCCC1C(=O)CC(C)=O. The van der Waals surface area contributed by atoms with Crippen LogP contribution in [0.15, 0.2) is 0 Å². The van der Waals surface area contributed by atoms with Gasteiger partial charge in [0.25, 0.3) is 0 Å². The lowest BCUT2D eigenvalue weighted by molar-refractivity contribution is -0.154. The van der Waals surface area contributed by atoms with E-state index in [1.165, 1.54) is 6.92 Å². The van der Waals surface area contributed by atoms with E-state index < -0.39 is 0 Å². The molecule has 0 aromatic carbocycles. The second-order valence-corrected chi connectivity index (χ2v) is 4.59. The predicted octanol–water partition coefficient (Wildman–Crippen LogP) is 1.90. The van der Waals surface area contributed by atoms with Crippen LogP contribution in [0.25, 0.3) is 0 Å². The molecule has 1 aliphatic rings. The average Bonchev–Trinajstić information content (AvgIpc) is 2.28. The maximum atomic E-state index is 11.9. The Labute approximate surface area is 102 Å². The summed E-state index contributed by atoms with van der Waals surface area (Å²) >= 11 is 0. The summed E-state index contributed by atoms with van der Waals surface area (Å²) in [6.07, 6.45) is 3.25. The van der Waals surface area contributed by atoms with Gasteiger partial charge < -0.3 is 4.74 Å². The van der Waals surface area contributed by atoms with E-state index in [2.05, 4.69) is 0 Å². The third-order valence-corrected chi connectivity index (χ3v) is 3.19. The lowest BCUT2D eigenvalue weighted by Gasteiger charge is -2.28. The van der Waals surface area contributed by atoms with Crippen LogP contribution in [-0.2, 0) is 19.1 Å². The highest BCUT2D eigenvalue weighted by Crippen LogP contribution is 2.32. The molecule has 0 radical (unpaired) electrons. The number of hydrogen-bond acceptors (Lipinski definition) is 4. The summed E-state index contributed by atoms with van der Waals surface area (Å²) in [5.74, 6) is -1.17. The fraction of sp³-hybridized carbons (Fsp3) is 0.769. The van der Waals surface area contributed by atoms with Crippen molar-refractivity contribution in [2.24, 2.45) is 11.8 Å². The molecular formula is C13H20O4. The fourth-order valence-electron chi connectivity index (χ4n) is 2.42. The molecular weight excluding hydrogens is 220 g/mol. The average molecular weight is 240 g/mol. The molecule has 0 aliphatic heterocycles. The van der Waals surface area contributed by atoms with Crippen molar-refractivity contribution < 1.29 is 19.1 Å². The summed E-state index contributed by atoms with van der Waals surface area (Å²) in [6, 6.07) is 0. The molecule has 0 amide bonds. The summed E-state index contributed by atoms with van der Waals surface area (Å²) in [6.45, 7) is 3.50. The molecule has 2 atom stereocenters. The van der Waals surface area contributed by atoms with Gasteiger partial charge >= 0.3 is 5.97 Å². The molecule has 0 aromatic rings. The Kier molecular flexibility index (Phi) is 5.32. The Bertz CT molecular complexity index is 309. The zero-order valence-electron chi connectivity index (χ0n) is 10.5. The van der Waals surface area contributed by atoms with Crippen molar-refractivity contribution in [2.45, 2.75) is 46.0 Å². The highest BCUT2D eigenvalue weighted by atomic mass is 16.5. The van der Waals surface area contributed by atoms with E-state index in [1.54, 1.807) is 6.92 Å². The molecule has 1 saturated carbocycles. The van der Waals surface area contributed by atoms with Gasteiger partial charge in [-0.25, -0.2) is 0 Å². The van der Waals surface area contributed by atoms with E-state index in [4.69, 9.17) is 4.74 Å². The largest absolute Gasteiger partial charge is 0.466 e. The standard InChI is InChI=1S/C13H20O4/c1-3-17-13(16)11-7-5-4-6-10(11)12(15)8-9(2)14/h10-11H,3-8H2,1-2H3. The Morgan fingerprint density at radius 2 is 1.71 bits per heavy atom. The third-order valence-electron chi connectivity index (χ3n) is 3.19.